The first-order valence-electron chi connectivity index (χ1n) is 13.1. The number of hydrogen-bond donors (Lipinski definition) is 3. The predicted molar refractivity (Wildman–Crippen MR) is 154 cm³/mol. The van der Waals surface area contributed by atoms with Gasteiger partial charge in [0.25, 0.3) is 5.69 Å². The van der Waals surface area contributed by atoms with Crippen molar-refractivity contribution in [3.05, 3.63) is 80.9 Å². The van der Waals surface area contributed by atoms with Gasteiger partial charge in [0.2, 0.25) is 16.9 Å². The van der Waals surface area contributed by atoms with Crippen LogP contribution in [-0.2, 0) is 20.8 Å². The average molecular weight is 583 g/mol. The molecule has 2 fully saturated rings. The molecule has 10 nitrogen and oxygen atoms in total. The van der Waals surface area contributed by atoms with E-state index in [9.17, 15) is 29.6 Å². The number of non-ortho nitro benzene ring substituents is 1. The summed E-state index contributed by atoms with van der Waals surface area (Å²) in [5.74, 6) is -1.29. The summed E-state index contributed by atoms with van der Waals surface area (Å²) < 4.78 is 0. The Morgan fingerprint density at radius 1 is 1.23 bits per heavy atom. The van der Waals surface area contributed by atoms with Crippen LogP contribution in [0.1, 0.15) is 25.3 Å². The van der Waals surface area contributed by atoms with Crippen molar-refractivity contribution in [2.45, 2.75) is 37.2 Å². The number of thioether (sulfide) groups is 1. The first kappa shape index (κ1) is 28.3. The van der Waals surface area contributed by atoms with E-state index >= 15 is 0 Å². The minimum Gasteiger partial charge on any atom is -0.392 e. The van der Waals surface area contributed by atoms with Gasteiger partial charge in [0, 0.05) is 41.6 Å². The second-order valence-corrected chi connectivity index (χ2v) is 12.1. The Hall–Kier alpha value is -3.19. The van der Waals surface area contributed by atoms with Gasteiger partial charge in [0.1, 0.15) is 10.6 Å². The number of thiol groups is 1. The van der Waals surface area contributed by atoms with Crippen LogP contribution in [0, 0.1) is 22.0 Å². The minimum absolute atomic E-state index is 0.0422. The maximum atomic E-state index is 13.4. The molecule has 2 saturated heterocycles. The Bertz CT molecular complexity index is 1370. The fourth-order valence-electron chi connectivity index (χ4n) is 5.90. The molecule has 0 aliphatic carbocycles. The highest BCUT2D eigenvalue weighted by atomic mass is 32.2. The van der Waals surface area contributed by atoms with Crippen LogP contribution in [0.3, 0.4) is 0 Å². The molecule has 0 bridgehead atoms. The molecule has 5 rings (SSSR count). The second-order valence-electron chi connectivity index (χ2n) is 10.3. The van der Waals surface area contributed by atoms with Crippen LogP contribution >= 0.6 is 24.4 Å². The van der Waals surface area contributed by atoms with Crippen molar-refractivity contribution in [1.82, 2.24) is 9.80 Å². The van der Waals surface area contributed by atoms with E-state index in [1.165, 1.54) is 28.8 Å². The molecule has 210 valence electrons. The molecule has 2 aromatic rings. The van der Waals surface area contributed by atoms with E-state index < -0.39 is 26.9 Å². The van der Waals surface area contributed by atoms with Gasteiger partial charge in [-0.2, -0.15) is 0 Å². The number of para-hydroxylation sites is 1. The molecular weight excluding hydrogens is 552 g/mol. The third-order valence-electron chi connectivity index (χ3n) is 7.77. The molecule has 0 aromatic heterocycles. The Kier molecular flexibility index (Phi) is 8.05. The molecule has 2 aromatic carbocycles. The molecule has 0 radical (unpaired) electrons. The number of nitro groups is 1. The van der Waals surface area contributed by atoms with E-state index in [0.717, 1.165) is 16.2 Å². The van der Waals surface area contributed by atoms with Gasteiger partial charge >= 0.3 is 0 Å². The van der Waals surface area contributed by atoms with Crippen LogP contribution in [0.25, 0.3) is 0 Å². The third kappa shape index (κ3) is 5.16. The number of rotatable bonds is 10. The molecule has 4 atom stereocenters. The summed E-state index contributed by atoms with van der Waals surface area (Å²) in [6.45, 7) is 3.18. The van der Waals surface area contributed by atoms with E-state index in [0.29, 0.717) is 32.4 Å². The van der Waals surface area contributed by atoms with Crippen LogP contribution in [0.5, 0.6) is 0 Å². The number of hydrogen-bond acceptors (Lipinski definition) is 8. The van der Waals surface area contributed by atoms with E-state index in [1.54, 1.807) is 19.1 Å². The van der Waals surface area contributed by atoms with Crippen molar-refractivity contribution < 1.29 is 24.4 Å². The van der Waals surface area contributed by atoms with Crippen LogP contribution in [0.4, 0.5) is 11.4 Å². The van der Waals surface area contributed by atoms with Crippen molar-refractivity contribution in [2.75, 3.05) is 25.0 Å². The van der Waals surface area contributed by atoms with Crippen LogP contribution < -0.4 is 5.32 Å². The highest BCUT2D eigenvalue weighted by Gasteiger charge is 2.68. The lowest BCUT2D eigenvalue weighted by atomic mass is 9.77. The Labute approximate surface area is 241 Å². The largest absolute Gasteiger partial charge is 0.392 e. The second kappa shape index (κ2) is 11.4. The number of nitrogens with zero attached hydrogens (tertiary/aromatic N) is 3. The molecule has 0 spiro atoms. The third-order valence-corrected chi connectivity index (χ3v) is 9.67. The lowest BCUT2D eigenvalue weighted by Gasteiger charge is -2.55. The molecule has 3 aliphatic heterocycles. The number of amides is 2. The Morgan fingerprint density at radius 3 is 2.55 bits per heavy atom. The summed E-state index contributed by atoms with van der Waals surface area (Å²) in [5.41, 5.74) is 1.67. The van der Waals surface area contributed by atoms with Crippen molar-refractivity contribution in [3.63, 3.8) is 0 Å². The molecule has 2 amide bonds. The van der Waals surface area contributed by atoms with Crippen LogP contribution in [-0.4, -0.2) is 67.4 Å². The lowest BCUT2D eigenvalue weighted by molar-refractivity contribution is -0.384. The Morgan fingerprint density at radius 2 is 1.93 bits per heavy atom. The van der Waals surface area contributed by atoms with Gasteiger partial charge in [0.15, 0.2) is 0 Å². The summed E-state index contributed by atoms with van der Waals surface area (Å²) in [6, 6.07) is 15.3. The smallest absolute Gasteiger partial charge is 0.269 e. The van der Waals surface area contributed by atoms with Crippen molar-refractivity contribution >= 4 is 52.7 Å². The number of fused-ring (bicyclic) bond motifs is 1. The molecule has 2 N–H and O–H groups in total. The zero-order valence-corrected chi connectivity index (χ0v) is 23.6. The normalized spacial score (nSPS) is 25.0. The van der Waals surface area contributed by atoms with Gasteiger partial charge in [-0.15, -0.1) is 0 Å². The Balaban J connectivity index is 1.38. The van der Waals surface area contributed by atoms with Crippen LogP contribution in [0.15, 0.2) is 65.2 Å². The summed E-state index contributed by atoms with van der Waals surface area (Å²) in [7, 11) is 0. The molecule has 12 heteroatoms. The van der Waals surface area contributed by atoms with Gasteiger partial charge in [0.05, 0.1) is 23.5 Å². The van der Waals surface area contributed by atoms with Gasteiger partial charge in [-0.25, -0.2) is 0 Å². The number of β-lactam (4-membered cyclic amide) rings is 1. The fraction of sp³-hybridized carbons (Fsp3) is 0.393. The maximum absolute atomic E-state index is 13.4. The number of nitrogens with one attached hydrogen (secondary N) is 1. The summed E-state index contributed by atoms with van der Waals surface area (Å²) in [4.78, 5) is 52.9. The molecule has 0 unspecified atom stereocenters. The van der Waals surface area contributed by atoms with Gasteiger partial charge in [-0.1, -0.05) is 61.6 Å². The SMILES string of the molecule is CC[C@H](O)[C@@H]1C(=O)N2C(C(=O)S)=C([C@H]3CCN(CC(=O)Nc4ccccc4)C3)S[C@]12Cc1ccc([N+](=O)[O-])cc1. The number of aliphatic hydroxyl groups is 1. The lowest BCUT2D eigenvalue weighted by Crippen LogP contribution is -2.71. The van der Waals surface area contributed by atoms with Gasteiger partial charge in [-0.3, -0.25) is 34.3 Å². The topological polar surface area (TPSA) is 133 Å². The molecule has 3 heterocycles. The summed E-state index contributed by atoms with van der Waals surface area (Å²) in [5, 5.41) is 24.4. The molecule has 0 saturated carbocycles. The summed E-state index contributed by atoms with van der Waals surface area (Å²) >= 11 is 5.56. The molecule has 40 heavy (non-hydrogen) atoms. The molecular formula is C28H30N4O6S2. The zero-order chi connectivity index (χ0) is 28.6. The average Bonchev–Trinajstić information content (AvgIpc) is 3.50. The number of anilines is 1. The number of carbonyl (C=O) groups excluding carboxylic acids is 3. The first-order chi connectivity index (χ1) is 19.1. The van der Waals surface area contributed by atoms with Crippen molar-refractivity contribution in [2.24, 2.45) is 11.8 Å². The number of nitro benzene ring substituents is 1. The van der Waals surface area contributed by atoms with E-state index in [4.69, 9.17) is 0 Å². The van der Waals surface area contributed by atoms with Crippen molar-refractivity contribution in [3.8, 4) is 0 Å². The first-order valence-corrected chi connectivity index (χ1v) is 14.4. The maximum Gasteiger partial charge on any atom is 0.269 e. The number of likely N-dealkylation sites (tertiary alicyclic amines) is 1. The van der Waals surface area contributed by atoms with Crippen molar-refractivity contribution in [1.29, 1.82) is 0 Å². The fourth-order valence-corrected chi connectivity index (χ4v) is 8.11. The van der Waals surface area contributed by atoms with E-state index in [-0.39, 0.29) is 35.7 Å². The zero-order valence-electron chi connectivity index (χ0n) is 21.9. The van der Waals surface area contributed by atoms with Crippen LogP contribution in [0.2, 0.25) is 0 Å². The van der Waals surface area contributed by atoms with E-state index in [2.05, 4.69) is 17.9 Å². The van der Waals surface area contributed by atoms with Gasteiger partial charge < -0.3 is 10.4 Å². The highest BCUT2D eigenvalue weighted by molar-refractivity contribution is 8.05. The predicted octanol–water partition coefficient (Wildman–Crippen LogP) is 3.44. The van der Waals surface area contributed by atoms with E-state index in [1.807, 2.05) is 35.2 Å². The quantitative estimate of drug-likeness (QED) is 0.168. The molecule has 3 aliphatic rings. The minimum atomic E-state index is -0.941. The monoisotopic (exact) mass is 582 g/mol. The number of carbonyl (C=O) groups is 3. The van der Waals surface area contributed by atoms with Gasteiger partial charge in [-0.05, 0) is 37.1 Å². The standard InChI is InChI=1S/C28H30N4O6S2/c1-2-21(33)23-26(35)31-24(27(36)39)25(40-28(23,31)14-17-8-10-20(11-9-17)32(37)38)18-12-13-30(15-18)16-22(34)29-19-6-4-3-5-7-19/h3-11,18,21,23,33H,2,12-16H2,1H3,(H,29,34)(H,36,39)/t18-,21-,23+,28+/m0/s1. The highest BCUT2D eigenvalue weighted by Crippen LogP contribution is 2.62. The number of benzene rings is 2. The number of aliphatic hydroxyl groups excluding tert-OH is 1. The summed E-state index contributed by atoms with van der Waals surface area (Å²) in [6.07, 6.45) is 0.446.